The van der Waals surface area contributed by atoms with E-state index in [-0.39, 0.29) is 12.8 Å². The van der Waals surface area contributed by atoms with Crippen molar-refractivity contribution in [3.8, 4) is 11.5 Å². The largest absolute Gasteiger partial charge is 0.494 e. The van der Waals surface area contributed by atoms with Crippen LogP contribution >= 0.6 is 0 Å². The predicted molar refractivity (Wildman–Crippen MR) is 89.5 cm³/mol. The Morgan fingerprint density at radius 3 is 2.22 bits per heavy atom. The third kappa shape index (κ3) is 5.54. The highest BCUT2D eigenvalue weighted by molar-refractivity contribution is 5.73. The van der Waals surface area contributed by atoms with E-state index in [0.29, 0.717) is 18.9 Å². The molecule has 5 nitrogen and oxygen atoms in total. The molecule has 0 spiro atoms. The number of benzene rings is 2. The average molecular weight is 314 g/mol. The van der Waals surface area contributed by atoms with Crippen LogP contribution in [0.15, 0.2) is 54.6 Å². The molecule has 2 amide bonds. The molecule has 0 bridgehead atoms. The number of hydrogen-bond acceptors (Lipinski definition) is 3. The maximum atomic E-state index is 12.0. The fourth-order valence-electron chi connectivity index (χ4n) is 2.04. The highest BCUT2D eigenvalue weighted by Crippen LogP contribution is 2.17. The summed E-state index contributed by atoms with van der Waals surface area (Å²) in [6, 6.07) is 16.9. The lowest BCUT2D eigenvalue weighted by molar-refractivity contribution is 0.192. The molecule has 2 aromatic carbocycles. The molecule has 0 unspecified atom stereocenters. The Morgan fingerprint density at radius 1 is 1.00 bits per heavy atom. The summed E-state index contributed by atoms with van der Waals surface area (Å²) in [6.07, 6.45) is 0. The zero-order chi connectivity index (χ0) is 16.5. The third-order valence-electron chi connectivity index (χ3n) is 3.21. The first kappa shape index (κ1) is 16.7. The summed E-state index contributed by atoms with van der Waals surface area (Å²) in [5.41, 5.74) is 1.08. The molecule has 0 aliphatic heterocycles. The van der Waals surface area contributed by atoms with E-state index in [4.69, 9.17) is 9.47 Å². The van der Waals surface area contributed by atoms with Crippen molar-refractivity contribution < 1.29 is 14.3 Å². The van der Waals surface area contributed by atoms with Gasteiger partial charge in [0.1, 0.15) is 11.5 Å². The van der Waals surface area contributed by atoms with Gasteiger partial charge in [-0.2, -0.15) is 0 Å². The maximum absolute atomic E-state index is 12.0. The van der Waals surface area contributed by atoms with E-state index in [2.05, 4.69) is 5.32 Å². The number of rotatable bonds is 7. The minimum Gasteiger partial charge on any atom is -0.494 e. The average Bonchev–Trinajstić information content (AvgIpc) is 2.57. The van der Waals surface area contributed by atoms with E-state index >= 15 is 0 Å². The number of amides is 2. The van der Waals surface area contributed by atoms with Crippen molar-refractivity contribution in [1.82, 2.24) is 10.2 Å². The van der Waals surface area contributed by atoms with E-state index in [9.17, 15) is 4.79 Å². The number of nitrogens with zero attached hydrogens (tertiary/aromatic N) is 1. The van der Waals surface area contributed by atoms with E-state index in [1.165, 1.54) is 0 Å². The number of hydrogen-bond donors (Lipinski definition) is 1. The molecule has 0 radical (unpaired) electrons. The van der Waals surface area contributed by atoms with Crippen LogP contribution < -0.4 is 14.8 Å². The number of ether oxygens (including phenoxy) is 2. The molecule has 2 aromatic rings. The normalized spacial score (nSPS) is 10.0. The summed E-state index contributed by atoms with van der Waals surface area (Å²) >= 11 is 0. The molecule has 0 atom stereocenters. The summed E-state index contributed by atoms with van der Waals surface area (Å²) in [5, 5.41) is 2.72. The van der Waals surface area contributed by atoms with Crippen molar-refractivity contribution in [1.29, 1.82) is 0 Å². The SMILES string of the molecule is CCOc1ccc(OCNC(=O)N(C)Cc2ccccc2)cc1. The summed E-state index contributed by atoms with van der Waals surface area (Å²) in [7, 11) is 1.75. The van der Waals surface area contributed by atoms with E-state index in [1.807, 2.05) is 61.5 Å². The second-order valence-electron chi connectivity index (χ2n) is 5.02. The first-order valence-corrected chi connectivity index (χ1v) is 7.57. The van der Waals surface area contributed by atoms with Gasteiger partial charge in [0.05, 0.1) is 6.61 Å². The summed E-state index contributed by atoms with van der Waals surface area (Å²) in [4.78, 5) is 13.6. The molecule has 122 valence electrons. The number of carbonyl (C=O) groups excluding carboxylic acids is 1. The second-order valence-corrected chi connectivity index (χ2v) is 5.02. The Morgan fingerprint density at radius 2 is 1.61 bits per heavy atom. The first-order chi connectivity index (χ1) is 11.2. The van der Waals surface area contributed by atoms with Gasteiger partial charge in [-0.15, -0.1) is 0 Å². The highest BCUT2D eigenvalue weighted by atomic mass is 16.5. The molecule has 0 fully saturated rings. The van der Waals surface area contributed by atoms with Crippen LogP contribution in [0.4, 0.5) is 4.79 Å². The van der Waals surface area contributed by atoms with Crippen molar-refractivity contribution in [3.63, 3.8) is 0 Å². The summed E-state index contributed by atoms with van der Waals surface area (Å²) in [5.74, 6) is 1.48. The van der Waals surface area contributed by atoms with Crippen molar-refractivity contribution in [3.05, 3.63) is 60.2 Å². The smallest absolute Gasteiger partial charge is 0.320 e. The molecule has 0 aliphatic carbocycles. The second kappa shape index (κ2) is 8.68. The van der Waals surface area contributed by atoms with Gasteiger partial charge in [0.2, 0.25) is 0 Å². The van der Waals surface area contributed by atoms with E-state index in [1.54, 1.807) is 11.9 Å². The van der Waals surface area contributed by atoms with Crippen LogP contribution in [0.1, 0.15) is 12.5 Å². The lowest BCUT2D eigenvalue weighted by Gasteiger charge is -2.18. The molecule has 0 aliphatic rings. The van der Waals surface area contributed by atoms with Crippen LogP contribution in [-0.4, -0.2) is 31.3 Å². The minimum atomic E-state index is -0.181. The van der Waals surface area contributed by atoms with Gasteiger partial charge in [-0.1, -0.05) is 30.3 Å². The number of nitrogens with one attached hydrogen (secondary N) is 1. The molecule has 1 N–H and O–H groups in total. The molecule has 0 saturated heterocycles. The van der Waals surface area contributed by atoms with Crippen LogP contribution in [0.25, 0.3) is 0 Å². The summed E-state index contributed by atoms with van der Waals surface area (Å²) < 4.78 is 10.9. The van der Waals surface area contributed by atoms with Gasteiger partial charge in [-0.3, -0.25) is 0 Å². The maximum Gasteiger partial charge on any atom is 0.320 e. The van der Waals surface area contributed by atoms with Crippen LogP contribution in [-0.2, 0) is 6.54 Å². The molecule has 23 heavy (non-hydrogen) atoms. The number of urea groups is 1. The Kier molecular flexibility index (Phi) is 6.29. The molecule has 0 saturated carbocycles. The zero-order valence-corrected chi connectivity index (χ0v) is 13.5. The van der Waals surface area contributed by atoms with Crippen molar-refractivity contribution >= 4 is 6.03 Å². The van der Waals surface area contributed by atoms with Crippen molar-refractivity contribution in [2.75, 3.05) is 20.4 Å². The Balaban J connectivity index is 1.73. The van der Waals surface area contributed by atoms with Gasteiger partial charge in [0.15, 0.2) is 6.73 Å². The Hall–Kier alpha value is -2.69. The topological polar surface area (TPSA) is 50.8 Å². The van der Waals surface area contributed by atoms with E-state index in [0.717, 1.165) is 11.3 Å². The lowest BCUT2D eigenvalue weighted by Crippen LogP contribution is -2.38. The van der Waals surface area contributed by atoms with Gasteiger partial charge in [-0.05, 0) is 36.8 Å². The Labute approximate surface area is 136 Å². The van der Waals surface area contributed by atoms with Crippen LogP contribution in [0.5, 0.6) is 11.5 Å². The van der Waals surface area contributed by atoms with Gasteiger partial charge in [-0.25, -0.2) is 4.79 Å². The van der Waals surface area contributed by atoms with Gasteiger partial charge in [0, 0.05) is 13.6 Å². The van der Waals surface area contributed by atoms with Crippen LogP contribution in [0.2, 0.25) is 0 Å². The van der Waals surface area contributed by atoms with Gasteiger partial charge in [0.25, 0.3) is 0 Å². The van der Waals surface area contributed by atoms with Crippen molar-refractivity contribution in [2.45, 2.75) is 13.5 Å². The molecule has 2 rings (SSSR count). The Bertz CT molecular complexity index is 599. The van der Waals surface area contributed by atoms with Gasteiger partial charge < -0.3 is 19.7 Å². The standard InChI is InChI=1S/C18H22N2O3/c1-3-22-16-9-11-17(12-10-16)23-14-19-18(21)20(2)13-15-7-5-4-6-8-15/h4-12H,3,13-14H2,1-2H3,(H,19,21). The molecular weight excluding hydrogens is 292 g/mol. The fraction of sp³-hybridized carbons (Fsp3) is 0.278. The minimum absolute atomic E-state index is 0.117. The van der Waals surface area contributed by atoms with Crippen molar-refractivity contribution in [2.24, 2.45) is 0 Å². The highest BCUT2D eigenvalue weighted by Gasteiger charge is 2.08. The fourth-order valence-corrected chi connectivity index (χ4v) is 2.04. The van der Waals surface area contributed by atoms with E-state index < -0.39 is 0 Å². The number of carbonyl (C=O) groups is 1. The first-order valence-electron chi connectivity index (χ1n) is 7.57. The third-order valence-corrected chi connectivity index (χ3v) is 3.21. The molecule has 0 aromatic heterocycles. The lowest BCUT2D eigenvalue weighted by atomic mass is 10.2. The predicted octanol–water partition coefficient (Wildman–Crippen LogP) is 3.26. The quantitative estimate of drug-likeness (QED) is 0.798. The molecule has 0 heterocycles. The van der Waals surface area contributed by atoms with Crippen LogP contribution in [0.3, 0.4) is 0 Å². The monoisotopic (exact) mass is 314 g/mol. The zero-order valence-electron chi connectivity index (χ0n) is 13.5. The summed E-state index contributed by atoms with van der Waals surface area (Å²) in [6.45, 7) is 3.23. The van der Waals surface area contributed by atoms with Crippen LogP contribution in [0, 0.1) is 0 Å². The van der Waals surface area contributed by atoms with Gasteiger partial charge >= 0.3 is 6.03 Å². The molecular formula is C18H22N2O3. The molecule has 5 heteroatoms.